The van der Waals surface area contributed by atoms with Gasteiger partial charge in [-0.1, -0.05) is 19.9 Å². The molecule has 1 aromatic rings. The van der Waals surface area contributed by atoms with Crippen molar-refractivity contribution in [3.63, 3.8) is 0 Å². The lowest BCUT2D eigenvalue weighted by Gasteiger charge is -2.35. The fourth-order valence-corrected chi connectivity index (χ4v) is 3.63. The monoisotopic (exact) mass is 400 g/mol. The van der Waals surface area contributed by atoms with Crippen molar-refractivity contribution >= 4 is 5.91 Å². The fourth-order valence-electron chi connectivity index (χ4n) is 3.63. The highest BCUT2D eigenvalue weighted by Crippen LogP contribution is 2.24. The number of methoxy groups -OCH3 is 1. The molecule has 1 amide bonds. The summed E-state index contributed by atoms with van der Waals surface area (Å²) in [6, 6.07) is 3.90. The highest BCUT2D eigenvalue weighted by Gasteiger charge is 2.39. The van der Waals surface area contributed by atoms with Crippen LogP contribution in [0.25, 0.3) is 0 Å². The quantitative estimate of drug-likeness (QED) is 0.724. The predicted octanol–water partition coefficient (Wildman–Crippen LogP) is 2.05. The maximum atomic E-state index is 13.9. The smallest absolute Gasteiger partial charge is 0.248 e. The number of benzene rings is 1. The lowest BCUT2D eigenvalue weighted by molar-refractivity contribution is -0.138. The second-order valence-corrected chi connectivity index (χ2v) is 7.25. The number of halogens is 2. The molecule has 158 valence electrons. The van der Waals surface area contributed by atoms with Gasteiger partial charge in [0.05, 0.1) is 6.54 Å². The summed E-state index contributed by atoms with van der Waals surface area (Å²) in [7, 11) is 1.44. The fraction of sp³-hybridized carbons (Fsp3) is 0.650. The molecular weight excluding hydrogens is 370 g/mol. The van der Waals surface area contributed by atoms with Crippen LogP contribution < -0.4 is 4.74 Å². The summed E-state index contributed by atoms with van der Waals surface area (Å²) in [6.45, 7) is 5.17. The van der Waals surface area contributed by atoms with E-state index in [2.05, 4.69) is 18.7 Å². The number of β-amino-alcohol motifs (C(OH)–C–C–N with tert-alkyl or cyclic N) is 1. The van der Waals surface area contributed by atoms with E-state index in [9.17, 15) is 18.7 Å². The topological polar surface area (TPSA) is 62.2 Å². The lowest BCUT2D eigenvalue weighted by atomic mass is 10.0. The highest BCUT2D eigenvalue weighted by atomic mass is 19.2. The normalized spacial score (nSPS) is 21.0. The molecule has 0 radical (unpaired) electrons. The second kappa shape index (κ2) is 10.1. The molecule has 0 aliphatic carbocycles. The number of nitrogens with zero attached hydrogens (tertiary/aromatic N) is 2. The zero-order valence-corrected chi connectivity index (χ0v) is 16.8. The third-order valence-corrected chi connectivity index (χ3v) is 5.13. The minimum Gasteiger partial charge on any atom is -0.487 e. The van der Waals surface area contributed by atoms with Crippen molar-refractivity contribution in [3.05, 3.63) is 29.8 Å². The number of hydrogen-bond donors (Lipinski definition) is 1. The van der Waals surface area contributed by atoms with Crippen molar-refractivity contribution in [3.8, 4) is 5.75 Å². The molecule has 0 spiro atoms. The molecular formula is C20H30F2N2O4. The Morgan fingerprint density at radius 3 is 2.61 bits per heavy atom. The van der Waals surface area contributed by atoms with Crippen molar-refractivity contribution in [1.29, 1.82) is 0 Å². The third kappa shape index (κ3) is 5.62. The number of aliphatic hydroxyl groups is 1. The SMILES string of the molecule is CCC(CC)N1CCN(C(=O)COC)C[C@@](O)(COc2cccc(F)c2F)C1. The largest absolute Gasteiger partial charge is 0.487 e. The number of hydrogen-bond acceptors (Lipinski definition) is 5. The molecule has 1 aromatic carbocycles. The van der Waals surface area contributed by atoms with Crippen molar-refractivity contribution < 1.29 is 28.2 Å². The van der Waals surface area contributed by atoms with Gasteiger partial charge in [0, 0.05) is 32.8 Å². The number of carbonyl (C=O) groups excluding carboxylic acids is 1. The molecule has 2 rings (SSSR count). The van der Waals surface area contributed by atoms with Gasteiger partial charge in [-0.15, -0.1) is 0 Å². The molecule has 1 atom stereocenters. The summed E-state index contributed by atoms with van der Waals surface area (Å²) in [5.41, 5.74) is -1.43. The molecule has 1 aliphatic heterocycles. The first kappa shape index (κ1) is 22.5. The van der Waals surface area contributed by atoms with E-state index in [1.54, 1.807) is 0 Å². The van der Waals surface area contributed by atoms with Gasteiger partial charge in [-0.05, 0) is 25.0 Å². The number of ether oxygens (including phenoxy) is 2. The molecule has 1 heterocycles. The van der Waals surface area contributed by atoms with Gasteiger partial charge >= 0.3 is 0 Å². The average Bonchev–Trinajstić information content (AvgIpc) is 2.84. The number of amides is 1. The summed E-state index contributed by atoms with van der Waals surface area (Å²) in [6.07, 6.45) is 1.80. The van der Waals surface area contributed by atoms with Gasteiger partial charge in [0.15, 0.2) is 11.6 Å². The second-order valence-electron chi connectivity index (χ2n) is 7.25. The van der Waals surface area contributed by atoms with E-state index in [4.69, 9.17) is 9.47 Å². The minimum absolute atomic E-state index is 0.0305. The summed E-state index contributed by atoms with van der Waals surface area (Å²) >= 11 is 0. The van der Waals surface area contributed by atoms with Crippen LogP contribution in [0.15, 0.2) is 18.2 Å². The summed E-state index contributed by atoms with van der Waals surface area (Å²) < 4.78 is 37.7. The Morgan fingerprint density at radius 2 is 1.96 bits per heavy atom. The van der Waals surface area contributed by atoms with Crippen LogP contribution in [0.3, 0.4) is 0 Å². The van der Waals surface area contributed by atoms with Crippen LogP contribution in [0.1, 0.15) is 26.7 Å². The molecule has 0 saturated carbocycles. The maximum absolute atomic E-state index is 13.9. The summed E-state index contributed by atoms with van der Waals surface area (Å²) in [4.78, 5) is 16.0. The van der Waals surface area contributed by atoms with Gasteiger partial charge < -0.3 is 19.5 Å². The van der Waals surface area contributed by atoms with Crippen LogP contribution in [0.2, 0.25) is 0 Å². The Kier molecular flexibility index (Phi) is 8.15. The Hall–Kier alpha value is -1.77. The Balaban J connectivity index is 2.21. The van der Waals surface area contributed by atoms with Crippen molar-refractivity contribution in [2.24, 2.45) is 0 Å². The Bertz CT molecular complexity index is 657. The molecule has 1 N–H and O–H groups in total. The molecule has 0 unspecified atom stereocenters. The van der Waals surface area contributed by atoms with E-state index < -0.39 is 17.2 Å². The molecule has 1 saturated heterocycles. The van der Waals surface area contributed by atoms with Crippen LogP contribution in [-0.2, 0) is 9.53 Å². The van der Waals surface area contributed by atoms with Gasteiger partial charge in [-0.25, -0.2) is 4.39 Å². The average molecular weight is 400 g/mol. The summed E-state index contributed by atoms with van der Waals surface area (Å²) in [5, 5.41) is 11.3. The van der Waals surface area contributed by atoms with Gasteiger partial charge in [-0.2, -0.15) is 4.39 Å². The number of carbonyl (C=O) groups is 1. The molecule has 0 bridgehead atoms. The Labute approximate surface area is 165 Å². The standard InChI is InChI=1S/C20H30F2N2O4/c1-4-15(5-2)23-9-10-24(18(25)11-27-3)13-20(26,12-23)14-28-17-8-6-7-16(21)19(17)22/h6-8,15,26H,4-5,9-14H2,1-3H3/t20-/m1/s1. The van der Waals surface area contributed by atoms with E-state index in [0.717, 1.165) is 18.9 Å². The number of rotatable bonds is 8. The van der Waals surface area contributed by atoms with Gasteiger partial charge in [0.1, 0.15) is 18.8 Å². The maximum Gasteiger partial charge on any atom is 0.248 e. The molecule has 6 nitrogen and oxygen atoms in total. The predicted molar refractivity (Wildman–Crippen MR) is 101 cm³/mol. The first-order valence-electron chi connectivity index (χ1n) is 9.63. The summed E-state index contributed by atoms with van der Waals surface area (Å²) in [5.74, 6) is -2.60. The van der Waals surface area contributed by atoms with Crippen LogP contribution in [0.5, 0.6) is 5.75 Å². The van der Waals surface area contributed by atoms with Crippen molar-refractivity contribution in [1.82, 2.24) is 9.80 Å². The van der Waals surface area contributed by atoms with Gasteiger partial charge in [0.2, 0.25) is 11.7 Å². The minimum atomic E-state index is -1.43. The molecule has 0 aromatic heterocycles. The van der Waals surface area contributed by atoms with E-state index in [-0.39, 0.29) is 44.0 Å². The van der Waals surface area contributed by atoms with E-state index >= 15 is 0 Å². The van der Waals surface area contributed by atoms with Crippen molar-refractivity contribution in [2.45, 2.75) is 38.3 Å². The first-order chi connectivity index (χ1) is 13.3. The van der Waals surface area contributed by atoms with E-state index in [1.165, 1.54) is 24.1 Å². The zero-order valence-electron chi connectivity index (χ0n) is 16.8. The van der Waals surface area contributed by atoms with Crippen LogP contribution >= 0.6 is 0 Å². The van der Waals surface area contributed by atoms with E-state index in [1.807, 2.05) is 0 Å². The molecule has 8 heteroatoms. The van der Waals surface area contributed by atoms with Crippen LogP contribution in [0.4, 0.5) is 8.78 Å². The molecule has 28 heavy (non-hydrogen) atoms. The van der Waals surface area contributed by atoms with Gasteiger partial charge in [-0.3, -0.25) is 9.69 Å². The van der Waals surface area contributed by atoms with E-state index in [0.29, 0.717) is 13.1 Å². The van der Waals surface area contributed by atoms with Crippen molar-refractivity contribution in [2.75, 3.05) is 46.5 Å². The van der Waals surface area contributed by atoms with Gasteiger partial charge in [0.25, 0.3) is 0 Å². The molecule has 1 fully saturated rings. The zero-order chi connectivity index (χ0) is 20.7. The third-order valence-electron chi connectivity index (χ3n) is 5.13. The highest BCUT2D eigenvalue weighted by molar-refractivity contribution is 5.77. The first-order valence-corrected chi connectivity index (χ1v) is 9.63. The van der Waals surface area contributed by atoms with Crippen LogP contribution in [-0.4, -0.2) is 79.0 Å². The Morgan fingerprint density at radius 1 is 1.25 bits per heavy atom. The van der Waals surface area contributed by atoms with Crippen LogP contribution in [0, 0.1) is 11.6 Å². The lowest BCUT2D eigenvalue weighted by Crippen LogP contribution is -2.53. The molecule has 1 aliphatic rings.